The van der Waals surface area contributed by atoms with Crippen LogP contribution in [0.5, 0.6) is 0 Å². The monoisotopic (exact) mass is 841 g/mol. The van der Waals surface area contributed by atoms with E-state index in [0.717, 1.165) is 6.92 Å². The molecule has 3 rings (SSSR count). The molecule has 0 bridgehead atoms. The Morgan fingerprint density at radius 3 is 1.97 bits per heavy atom. The summed E-state index contributed by atoms with van der Waals surface area (Å²) < 4.78 is 35.7. The zero-order valence-electron chi connectivity index (χ0n) is 34.2. The Hall–Kier alpha value is -4.32. The van der Waals surface area contributed by atoms with E-state index in [0.29, 0.717) is 5.56 Å². The fourth-order valence-electron chi connectivity index (χ4n) is 6.33. The van der Waals surface area contributed by atoms with Crippen LogP contribution in [0.4, 0.5) is 0 Å². The molecule has 59 heavy (non-hydrogen) atoms. The predicted octanol–water partition coefficient (Wildman–Crippen LogP) is -2.88. The van der Waals surface area contributed by atoms with Gasteiger partial charge in [-0.3, -0.25) is 28.8 Å². The van der Waals surface area contributed by atoms with Gasteiger partial charge in [-0.05, 0) is 46.6 Å². The second-order valence-electron chi connectivity index (χ2n) is 15.3. The average Bonchev–Trinajstić information content (AvgIpc) is 3.15. The summed E-state index contributed by atoms with van der Waals surface area (Å²) in [5.41, 5.74) is 5.41. The maximum Gasteiger partial charge on any atom is 0.306 e. The van der Waals surface area contributed by atoms with Crippen LogP contribution in [0, 0.1) is 0 Å². The first-order chi connectivity index (χ1) is 27.6. The lowest BCUT2D eigenvalue weighted by Crippen LogP contribution is -2.70. The van der Waals surface area contributed by atoms with Crippen molar-refractivity contribution in [2.45, 2.75) is 153 Å². The molecule has 10 N–H and O–H groups in total. The summed E-state index contributed by atoms with van der Waals surface area (Å²) in [6.07, 6.45) is -13.9. The molecule has 0 aliphatic carbocycles. The topological polar surface area (TPSA) is 313 Å². The van der Waals surface area contributed by atoms with Gasteiger partial charge in [-0.25, -0.2) is 0 Å². The Labute approximate surface area is 341 Å². The van der Waals surface area contributed by atoms with E-state index < -0.39 is 134 Å². The van der Waals surface area contributed by atoms with Crippen LogP contribution in [0.2, 0.25) is 0 Å². The number of nitrogens with two attached hydrogens (primary N) is 1. The molecule has 5 amide bonds. The van der Waals surface area contributed by atoms with E-state index in [2.05, 4.69) is 21.3 Å². The number of benzene rings is 1. The standard InChI is InChI=1S/C38H59N5O16/c1-18(34(52)43-23(33(39)51)13-14-26(48)59-38(5,6)7)40-35(53)19(2)55-32-28(42-21(4)47)36(54-17-22-11-9-8-10-12-22)57-25(16-45)31(32)58-37-27(41-20(3)46)30(50)29(49)24(15-44)56-37/h8-12,18-19,23-25,27-32,36-37,44-45,49-50H,13-17H2,1-7H3,(H2,39,51)(H,40,53)(H,41,46)(H,42,47)(H,43,52)/t18-,19+,23?,24-,25?,27?,28?,29+,30?,31+,32+,36-,37-/m0/s1. The van der Waals surface area contributed by atoms with Crippen LogP contribution in [0.3, 0.4) is 0 Å². The highest BCUT2D eigenvalue weighted by molar-refractivity contribution is 5.92. The Kier molecular flexibility index (Phi) is 18.6. The summed E-state index contributed by atoms with van der Waals surface area (Å²) in [6.45, 7) is 8.42. The maximum atomic E-state index is 13.6. The van der Waals surface area contributed by atoms with E-state index in [-0.39, 0.29) is 19.4 Å². The first kappa shape index (κ1) is 49.0. The highest BCUT2D eigenvalue weighted by atomic mass is 16.7. The molecule has 2 heterocycles. The smallest absolute Gasteiger partial charge is 0.306 e. The zero-order chi connectivity index (χ0) is 44.2. The van der Waals surface area contributed by atoms with Gasteiger partial charge in [0.05, 0.1) is 19.8 Å². The normalized spacial score (nSPS) is 28.6. The minimum atomic E-state index is -1.72. The molecule has 0 aromatic heterocycles. The molecule has 1 aromatic carbocycles. The minimum absolute atomic E-state index is 0.0384. The largest absolute Gasteiger partial charge is 0.460 e. The maximum absolute atomic E-state index is 13.6. The quantitative estimate of drug-likeness (QED) is 0.0632. The molecule has 0 spiro atoms. The van der Waals surface area contributed by atoms with Crippen LogP contribution in [0.25, 0.3) is 0 Å². The Morgan fingerprint density at radius 2 is 1.41 bits per heavy atom. The van der Waals surface area contributed by atoms with Crippen LogP contribution >= 0.6 is 0 Å². The summed E-state index contributed by atoms with van der Waals surface area (Å²) in [6, 6.07) is 3.61. The van der Waals surface area contributed by atoms with E-state index in [4.69, 9.17) is 34.2 Å². The van der Waals surface area contributed by atoms with Crippen molar-refractivity contribution >= 4 is 35.5 Å². The van der Waals surface area contributed by atoms with Gasteiger partial charge in [0.2, 0.25) is 29.5 Å². The molecule has 0 saturated carbocycles. The van der Waals surface area contributed by atoms with Crippen molar-refractivity contribution in [3.05, 3.63) is 35.9 Å². The van der Waals surface area contributed by atoms with Crippen LogP contribution in [-0.4, -0.2) is 154 Å². The number of ether oxygens (including phenoxy) is 6. The first-order valence-corrected chi connectivity index (χ1v) is 19.2. The van der Waals surface area contributed by atoms with Crippen molar-refractivity contribution < 1.29 is 77.6 Å². The van der Waals surface area contributed by atoms with E-state index in [9.17, 15) is 49.2 Å². The molecule has 1 aromatic rings. The van der Waals surface area contributed by atoms with Crippen molar-refractivity contribution in [3.8, 4) is 0 Å². The Balaban J connectivity index is 1.91. The fraction of sp³-hybridized carbons (Fsp3) is 0.684. The highest BCUT2D eigenvalue weighted by Gasteiger charge is 2.53. The van der Waals surface area contributed by atoms with Gasteiger partial charge in [0.1, 0.15) is 72.5 Å². The van der Waals surface area contributed by atoms with Gasteiger partial charge in [0.15, 0.2) is 12.6 Å². The summed E-state index contributed by atoms with van der Waals surface area (Å²) in [7, 11) is 0. The molecule has 2 aliphatic rings. The van der Waals surface area contributed by atoms with Gasteiger partial charge >= 0.3 is 5.97 Å². The summed E-state index contributed by atoms with van der Waals surface area (Å²) in [4.78, 5) is 75.9. The SMILES string of the molecule is CC(=O)NC1C(O)[C@H](O)[C@H](CO)O[C@H]1O[C@@H]1C(CO)O[C@H](OCc2ccccc2)C(NC(C)=O)[C@H]1O[C@H](C)C(=O)N[C@@H](C)C(=O)NC(CCC(=O)OC(C)(C)C)C(N)=O. The van der Waals surface area contributed by atoms with Crippen molar-refractivity contribution in [1.29, 1.82) is 0 Å². The number of hydrogen-bond acceptors (Lipinski definition) is 16. The Bertz CT molecular complexity index is 1580. The highest BCUT2D eigenvalue weighted by Crippen LogP contribution is 2.32. The van der Waals surface area contributed by atoms with Crippen molar-refractivity contribution in [3.63, 3.8) is 0 Å². The van der Waals surface area contributed by atoms with Gasteiger partial charge in [-0.2, -0.15) is 0 Å². The molecule has 0 radical (unpaired) electrons. The van der Waals surface area contributed by atoms with E-state index in [1.54, 1.807) is 51.1 Å². The van der Waals surface area contributed by atoms with E-state index in [1.165, 1.54) is 20.8 Å². The van der Waals surface area contributed by atoms with Crippen LogP contribution in [0.1, 0.15) is 66.9 Å². The van der Waals surface area contributed by atoms with Crippen LogP contribution in [0.15, 0.2) is 30.3 Å². The molecule has 21 nitrogen and oxygen atoms in total. The molecule has 21 heteroatoms. The number of primary amides is 1. The Morgan fingerprint density at radius 1 is 0.814 bits per heavy atom. The summed E-state index contributed by atoms with van der Waals surface area (Å²) >= 11 is 0. The summed E-state index contributed by atoms with van der Waals surface area (Å²) in [5.74, 6) is -4.47. The lowest BCUT2D eigenvalue weighted by Gasteiger charge is -2.49. The second kappa shape index (κ2) is 22.3. The molecule has 13 atom stereocenters. The van der Waals surface area contributed by atoms with E-state index in [1.807, 2.05) is 0 Å². The lowest BCUT2D eigenvalue weighted by atomic mass is 9.94. The molecule has 2 fully saturated rings. The summed E-state index contributed by atoms with van der Waals surface area (Å²) in [5, 5.41) is 52.0. The number of aliphatic hydroxyl groups is 4. The third-order valence-corrected chi connectivity index (χ3v) is 9.19. The van der Waals surface area contributed by atoms with Crippen molar-refractivity contribution in [1.82, 2.24) is 21.3 Å². The fourth-order valence-corrected chi connectivity index (χ4v) is 6.33. The average molecular weight is 842 g/mol. The molecule has 2 saturated heterocycles. The van der Waals surface area contributed by atoms with Crippen molar-refractivity contribution in [2.75, 3.05) is 13.2 Å². The van der Waals surface area contributed by atoms with Crippen LogP contribution in [-0.2, 0) is 63.8 Å². The molecule has 2 aliphatic heterocycles. The molecular weight excluding hydrogens is 782 g/mol. The third-order valence-electron chi connectivity index (χ3n) is 9.19. The first-order valence-electron chi connectivity index (χ1n) is 19.2. The number of nitrogens with one attached hydrogen (secondary N) is 4. The van der Waals surface area contributed by atoms with Crippen LogP contribution < -0.4 is 27.0 Å². The zero-order valence-corrected chi connectivity index (χ0v) is 34.2. The third kappa shape index (κ3) is 14.7. The van der Waals surface area contributed by atoms with Gasteiger partial charge in [0.25, 0.3) is 0 Å². The number of aliphatic hydroxyl groups excluding tert-OH is 4. The number of carbonyl (C=O) groups excluding carboxylic acids is 6. The van der Waals surface area contributed by atoms with Gasteiger partial charge in [-0.15, -0.1) is 0 Å². The number of hydrogen-bond donors (Lipinski definition) is 9. The minimum Gasteiger partial charge on any atom is -0.460 e. The van der Waals surface area contributed by atoms with Gasteiger partial charge in [0, 0.05) is 20.3 Å². The van der Waals surface area contributed by atoms with Crippen molar-refractivity contribution in [2.24, 2.45) is 5.73 Å². The number of carbonyl (C=O) groups is 6. The van der Waals surface area contributed by atoms with Gasteiger partial charge in [-0.1, -0.05) is 30.3 Å². The molecular formula is C38H59N5O16. The second-order valence-corrected chi connectivity index (χ2v) is 15.3. The number of esters is 1. The number of rotatable bonds is 19. The van der Waals surface area contributed by atoms with Gasteiger partial charge < -0.3 is 75.8 Å². The molecule has 5 unspecified atom stereocenters. The van der Waals surface area contributed by atoms with E-state index >= 15 is 0 Å². The number of amides is 5. The lowest BCUT2D eigenvalue weighted by molar-refractivity contribution is -0.338. The predicted molar refractivity (Wildman–Crippen MR) is 203 cm³/mol. The molecule has 332 valence electrons.